The number of rotatable bonds is 5. The minimum Gasteiger partial charge on any atom is -0.497 e. The monoisotopic (exact) mass is 350 g/mol. The van der Waals surface area contributed by atoms with Crippen molar-refractivity contribution in [1.82, 2.24) is 4.98 Å². The van der Waals surface area contributed by atoms with Crippen LogP contribution in [-0.2, 0) is 9.84 Å². The van der Waals surface area contributed by atoms with Gasteiger partial charge in [-0.25, -0.2) is 13.4 Å². The van der Waals surface area contributed by atoms with Crippen molar-refractivity contribution in [1.29, 1.82) is 0 Å². The molecule has 0 spiro atoms. The molecule has 7 heteroatoms. The minimum absolute atomic E-state index is 0.144. The number of sulfone groups is 1. The average molecular weight is 350 g/mol. The highest BCUT2D eigenvalue weighted by Crippen LogP contribution is 2.33. The predicted molar refractivity (Wildman–Crippen MR) is 94.8 cm³/mol. The van der Waals surface area contributed by atoms with Crippen LogP contribution in [0.4, 0.5) is 5.82 Å². The first kappa shape index (κ1) is 16.8. The van der Waals surface area contributed by atoms with Crippen LogP contribution < -0.4 is 14.8 Å². The molecular weight excluding hydrogens is 328 g/mol. The van der Waals surface area contributed by atoms with Crippen LogP contribution >= 0.6 is 0 Å². The molecule has 1 saturated heterocycles. The largest absolute Gasteiger partial charge is 0.497 e. The number of benzene rings is 1. The highest BCUT2D eigenvalue weighted by atomic mass is 32.2. The first-order chi connectivity index (χ1) is 11.4. The summed E-state index contributed by atoms with van der Waals surface area (Å²) < 4.78 is 33.8. The Labute approximate surface area is 142 Å². The van der Waals surface area contributed by atoms with Crippen molar-refractivity contribution in [2.45, 2.75) is 13.3 Å². The summed E-state index contributed by atoms with van der Waals surface area (Å²) in [5.74, 6) is 2.79. The van der Waals surface area contributed by atoms with Crippen LogP contribution in [0, 0.1) is 12.8 Å². The molecule has 1 aromatic heterocycles. The molecule has 1 fully saturated rings. The molecule has 130 valence electrons. The molecular formula is C17H22N2O4S. The number of methoxy groups -OCH3 is 2. The number of hydrogen-bond donors (Lipinski definition) is 1. The number of hydrogen-bond acceptors (Lipinski definition) is 6. The molecule has 2 heterocycles. The Hall–Kier alpha value is -2.02. The summed E-state index contributed by atoms with van der Waals surface area (Å²) in [6, 6.07) is 5.71. The summed E-state index contributed by atoms with van der Waals surface area (Å²) >= 11 is 0. The van der Waals surface area contributed by atoms with Crippen LogP contribution in [0.1, 0.15) is 12.0 Å². The van der Waals surface area contributed by atoms with Crippen LogP contribution in [0.25, 0.3) is 10.9 Å². The van der Waals surface area contributed by atoms with Crippen molar-refractivity contribution in [3.8, 4) is 11.5 Å². The summed E-state index contributed by atoms with van der Waals surface area (Å²) in [5.41, 5.74) is 1.82. The van der Waals surface area contributed by atoms with Gasteiger partial charge in [0.1, 0.15) is 22.8 Å². The Balaban J connectivity index is 1.87. The van der Waals surface area contributed by atoms with E-state index in [4.69, 9.17) is 9.47 Å². The maximum atomic E-state index is 11.6. The highest BCUT2D eigenvalue weighted by Gasteiger charge is 2.27. The normalized spacial score (nSPS) is 19.4. The lowest BCUT2D eigenvalue weighted by Gasteiger charge is -2.14. The molecule has 24 heavy (non-hydrogen) atoms. The van der Waals surface area contributed by atoms with Gasteiger partial charge < -0.3 is 14.8 Å². The Morgan fingerprint density at radius 3 is 2.67 bits per heavy atom. The van der Waals surface area contributed by atoms with E-state index in [9.17, 15) is 8.42 Å². The molecule has 1 aliphatic rings. The zero-order valence-electron chi connectivity index (χ0n) is 14.1. The lowest BCUT2D eigenvalue weighted by molar-refractivity contribution is 0.397. The quantitative estimate of drug-likeness (QED) is 0.892. The predicted octanol–water partition coefficient (Wildman–Crippen LogP) is 2.41. The number of aryl methyl sites for hydroxylation is 1. The fourth-order valence-corrected chi connectivity index (χ4v) is 4.94. The van der Waals surface area contributed by atoms with Crippen molar-refractivity contribution in [3.05, 3.63) is 23.8 Å². The maximum Gasteiger partial charge on any atom is 0.150 e. The third-order valence-electron chi connectivity index (χ3n) is 4.41. The van der Waals surface area contributed by atoms with Crippen molar-refractivity contribution < 1.29 is 17.9 Å². The molecule has 1 aromatic carbocycles. The van der Waals surface area contributed by atoms with Gasteiger partial charge in [0, 0.05) is 18.0 Å². The lowest BCUT2D eigenvalue weighted by Crippen LogP contribution is -2.16. The van der Waals surface area contributed by atoms with Gasteiger partial charge in [0.25, 0.3) is 0 Å². The maximum absolute atomic E-state index is 11.6. The van der Waals surface area contributed by atoms with E-state index in [0.29, 0.717) is 18.7 Å². The van der Waals surface area contributed by atoms with Gasteiger partial charge in [0.05, 0.1) is 25.7 Å². The highest BCUT2D eigenvalue weighted by molar-refractivity contribution is 7.91. The summed E-state index contributed by atoms with van der Waals surface area (Å²) in [5, 5.41) is 4.25. The lowest BCUT2D eigenvalue weighted by atomic mass is 10.1. The molecule has 0 amide bonds. The smallest absolute Gasteiger partial charge is 0.150 e. The second-order valence-electron chi connectivity index (χ2n) is 6.20. The molecule has 0 aliphatic carbocycles. The SMILES string of the molecule is COc1cc(OC)c2nc(NCC3CCS(=O)(=O)C3)cc(C)c2c1. The van der Waals surface area contributed by atoms with Crippen molar-refractivity contribution in [2.24, 2.45) is 5.92 Å². The second kappa shape index (κ2) is 6.47. The van der Waals surface area contributed by atoms with E-state index in [1.54, 1.807) is 14.2 Å². The summed E-state index contributed by atoms with van der Waals surface area (Å²) in [4.78, 5) is 4.64. The van der Waals surface area contributed by atoms with Gasteiger partial charge in [-0.3, -0.25) is 0 Å². The van der Waals surface area contributed by atoms with Gasteiger partial charge in [-0.15, -0.1) is 0 Å². The van der Waals surface area contributed by atoms with Crippen LogP contribution in [0.3, 0.4) is 0 Å². The third kappa shape index (κ3) is 3.40. The Bertz CT molecular complexity index is 865. The van der Waals surface area contributed by atoms with Crippen LogP contribution in [0.2, 0.25) is 0 Å². The molecule has 1 unspecified atom stereocenters. The zero-order chi connectivity index (χ0) is 17.3. The second-order valence-corrected chi connectivity index (χ2v) is 8.43. The van der Waals surface area contributed by atoms with Gasteiger partial charge >= 0.3 is 0 Å². The van der Waals surface area contributed by atoms with E-state index < -0.39 is 9.84 Å². The van der Waals surface area contributed by atoms with Gasteiger partial charge in [0.15, 0.2) is 9.84 Å². The van der Waals surface area contributed by atoms with Gasteiger partial charge in [-0.05, 0) is 37.0 Å². The van der Waals surface area contributed by atoms with Crippen molar-refractivity contribution in [2.75, 3.05) is 37.6 Å². The number of nitrogens with zero attached hydrogens (tertiary/aromatic N) is 1. The number of ether oxygens (including phenoxy) is 2. The third-order valence-corrected chi connectivity index (χ3v) is 6.25. The summed E-state index contributed by atoms with van der Waals surface area (Å²) in [7, 11) is 0.370. The number of fused-ring (bicyclic) bond motifs is 1. The fourth-order valence-electron chi connectivity index (χ4n) is 3.08. The van der Waals surface area contributed by atoms with E-state index in [0.717, 1.165) is 28.0 Å². The van der Waals surface area contributed by atoms with Gasteiger partial charge in [-0.1, -0.05) is 0 Å². The first-order valence-electron chi connectivity index (χ1n) is 7.89. The van der Waals surface area contributed by atoms with Gasteiger partial charge in [-0.2, -0.15) is 0 Å². The molecule has 0 radical (unpaired) electrons. The molecule has 1 atom stereocenters. The molecule has 0 bridgehead atoms. The van der Waals surface area contributed by atoms with Gasteiger partial charge in [0.2, 0.25) is 0 Å². The Morgan fingerprint density at radius 1 is 1.25 bits per heavy atom. The zero-order valence-corrected chi connectivity index (χ0v) is 14.9. The van der Waals surface area contributed by atoms with Crippen molar-refractivity contribution in [3.63, 3.8) is 0 Å². The number of anilines is 1. The standard InChI is InChI=1S/C17H22N2O4S/c1-11-6-16(18-9-12-4-5-24(20,21)10-12)19-17-14(11)7-13(22-2)8-15(17)23-3/h6-8,12H,4-5,9-10H2,1-3H3,(H,18,19). The molecule has 1 aliphatic heterocycles. The molecule has 1 N–H and O–H groups in total. The Morgan fingerprint density at radius 2 is 2.04 bits per heavy atom. The Kier molecular flexibility index (Phi) is 4.54. The van der Waals surface area contributed by atoms with E-state index in [1.807, 2.05) is 25.1 Å². The molecule has 0 saturated carbocycles. The summed E-state index contributed by atoms with van der Waals surface area (Å²) in [6.07, 6.45) is 0.711. The van der Waals surface area contributed by atoms with E-state index in [1.165, 1.54) is 0 Å². The topological polar surface area (TPSA) is 77.5 Å². The van der Waals surface area contributed by atoms with Crippen LogP contribution in [-0.4, -0.2) is 45.7 Å². The molecule has 3 rings (SSSR count). The number of nitrogens with one attached hydrogen (secondary N) is 1. The van der Waals surface area contributed by atoms with Crippen LogP contribution in [0.15, 0.2) is 18.2 Å². The van der Waals surface area contributed by atoms with E-state index >= 15 is 0 Å². The van der Waals surface area contributed by atoms with E-state index in [2.05, 4.69) is 10.3 Å². The first-order valence-corrected chi connectivity index (χ1v) is 9.71. The number of pyridine rings is 1. The average Bonchev–Trinajstić information content (AvgIpc) is 2.91. The summed E-state index contributed by atoms with van der Waals surface area (Å²) in [6.45, 7) is 2.61. The molecule has 6 nitrogen and oxygen atoms in total. The molecule has 2 aromatic rings. The van der Waals surface area contributed by atoms with Crippen LogP contribution in [0.5, 0.6) is 11.5 Å². The number of aromatic nitrogens is 1. The van der Waals surface area contributed by atoms with E-state index in [-0.39, 0.29) is 17.4 Å². The van der Waals surface area contributed by atoms with Crippen molar-refractivity contribution >= 4 is 26.6 Å². The minimum atomic E-state index is -2.86. The fraction of sp³-hybridized carbons (Fsp3) is 0.471.